The Kier molecular flexibility index (Phi) is 37.0. The Morgan fingerprint density at radius 1 is 0.714 bits per heavy atom. The van der Waals surface area contributed by atoms with Crippen molar-refractivity contribution in [1.29, 1.82) is 0 Å². The fourth-order valence-electron chi connectivity index (χ4n) is 1.77. The van der Waals surface area contributed by atoms with Crippen molar-refractivity contribution in [2.24, 2.45) is 0 Å². The quantitative estimate of drug-likeness (QED) is 0.319. The molecule has 0 radical (unpaired) electrons. The molecule has 0 saturated carbocycles. The molecule has 0 aliphatic rings. The summed E-state index contributed by atoms with van der Waals surface area (Å²) in [5.74, 6) is 0. The highest BCUT2D eigenvalue weighted by atomic mass is 16.3. The Hall–Kier alpha value is -1.16. The van der Waals surface area contributed by atoms with Gasteiger partial charge in [0.25, 0.3) is 6.47 Å². The van der Waals surface area contributed by atoms with Crippen molar-refractivity contribution in [2.45, 2.75) is 77.6 Å². The summed E-state index contributed by atoms with van der Waals surface area (Å²) >= 11 is 0. The maximum absolute atomic E-state index is 10.1. The normalized spacial score (nSPS) is 9.29. The standard InChI is InChI=1S/C15H28O.CH2O2.CH4O/c1-2-3-4-5-6-7-8-9-10-11-12-13-14-15-16;2-1-3;1-2/h8-9,15H,2-7,10-14H2,1H3;1H,(H,2,3);2H,1H3/b9-8+;;. The lowest BCUT2D eigenvalue weighted by molar-refractivity contribution is -0.122. The van der Waals surface area contributed by atoms with Crippen molar-refractivity contribution in [3.05, 3.63) is 12.2 Å². The SMILES string of the molecule is CCCCCCC/C=C/CCCCCC=O.CO.O=CO. The van der Waals surface area contributed by atoms with Crippen LogP contribution in [0.25, 0.3) is 0 Å². The maximum atomic E-state index is 10.1. The molecule has 0 fully saturated rings. The highest BCUT2D eigenvalue weighted by molar-refractivity contribution is 5.48. The highest BCUT2D eigenvalue weighted by Crippen LogP contribution is 2.07. The molecule has 0 rings (SSSR count). The molecular formula is C17H34O4. The molecule has 126 valence electrons. The van der Waals surface area contributed by atoms with Crippen molar-refractivity contribution in [2.75, 3.05) is 7.11 Å². The molecule has 0 aromatic carbocycles. The van der Waals surface area contributed by atoms with Crippen LogP contribution in [0.3, 0.4) is 0 Å². The van der Waals surface area contributed by atoms with Crippen LogP contribution in [-0.4, -0.2) is 30.1 Å². The average molecular weight is 302 g/mol. The first-order valence-electron chi connectivity index (χ1n) is 7.94. The van der Waals surface area contributed by atoms with Gasteiger partial charge >= 0.3 is 0 Å². The molecular weight excluding hydrogens is 268 g/mol. The predicted molar refractivity (Wildman–Crippen MR) is 88.5 cm³/mol. The zero-order valence-corrected chi connectivity index (χ0v) is 13.8. The highest BCUT2D eigenvalue weighted by Gasteiger charge is 1.88. The average Bonchev–Trinajstić information content (AvgIpc) is 2.51. The second-order valence-electron chi connectivity index (χ2n) is 4.58. The van der Waals surface area contributed by atoms with Crippen LogP contribution in [0.2, 0.25) is 0 Å². The number of hydrogen-bond acceptors (Lipinski definition) is 3. The lowest BCUT2D eigenvalue weighted by atomic mass is 10.1. The molecule has 21 heavy (non-hydrogen) atoms. The first kappa shape index (κ1) is 24.8. The topological polar surface area (TPSA) is 74.6 Å². The number of unbranched alkanes of at least 4 members (excludes halogenated alkanes) is 9. The van der Waals surface area contributed by atoms with Gasteiger partial charge in [-0.15, -0.1) is 0 Å². The summed E-state index contributed by atoms with van der Waals surface area (Å²) in [6.45, 7) is 2.00. The molecule has 0 aliphatic carbocycles. The molecule has 0 aliphatic heterocycles. The van der Waals surface area contributed by atoms with Crippen molar-refractivity contribution >= 4 is 12.8 Å². The van der Waals surface area contributed by atoms with Gasteiger partial charge in [-0.3, -0.25) is 4.79 Å². The van der Waals surface area contributed by atoms with Crippen LogP contribution in [0.4, 0.5) is 0 Å². The minimum atomic E-state index is -0.250. The number of hydrogen-bond donors (Lipinski definition) is 2. The molecule has 0 atom stereocenters. The Morgan fingerprint density at radius 3 is 1.52 bits per heavy atom. The smallest absolute Gasteiger partial charge is 0.290 e. The number of rotatable bonds is 12. The summed E-state index contributed by atoms with van der Waals surface area (Å²) in [6, 6.07) is 0. The van der Waals surface area contributed by atoms with Crippen molar-refractivity contribution in [3.8, 4) is 0 Å². The van der Waals surface area contributed by atoms with Crippen LogP contribution in [0.15, 0.2) is 12.2 Å². The first-order valence-corrected chi connectivity index (χ1v) is 7.94. The number of aliphatic hydroxyl groups is 1. The van der Waals surface area contributed by atoms with E-state index in [-0.39, 0.29) is 6.47 Å². The van der Waals surface area contributed by atoms with Crippen LogP contribution in [0.1, 0.15) is 77.6 Å². The van der Waals surface area contributed by atoms with E-state index in [4.69, 9.17) is 15.0 Å². The van der Waals surface area contributed by atoms with Crippen molar-refractivity contribution in [1.82, 2.24) is 0 Å². The van der Waals surface area contributed by atoms with E-state index in [0.29, 0.717) is 0 Å². The van der Waals surface area contributed by atoms with E-state index < -0.39 is 0 Å². The van der Waals surface area contributed by atoms with Gasteiger partial charge < -0.3 is 15.0 Å². The van der Waals surface area contributed by atoms with Gasteiger partial charge in [-0.2, -0.15) is 0 Å². The van der Waals surface area contributed by atoms with Gasteiger partial charge in [-0.05, 0) is 32.1 Å². The van der Waals surface area contributed by atoms with Crippen LogP contribution >= 0.6 is 0 Å². The van der Waals surface area contributed by atoms with E-state index in [1.165, 1.54) is 57.8 Å². The summed E-state index contributed by atoms with van der Waals surface area (Å²) in [7, 11) is 1.00. The number of aldehydes is 1. The van der Waals surface area contributed by atoms with Gasteiger partial charge in [0.2, 0.25) is 0 Å². The van der Waals surface area contributed by atoms with E-state index in [9.17, 15) is 4.79 Å². The summed E-state index contributed by atoms with van der Waals surface area (Å²) < 4.78 is 0. The zero-order valence-electron chi connectivity index (χ0n) is 13.8. The van der Waals surface area contributed by atoms with Gasteiger partial charge in [0.1, 0.15) is 6.29 Å². The number of carbonyl (C=O) groups is 2. The number of allylic oxidation sites excluding steroid dienone is 2. The molecule has 2 N–H and O–H groups in total. The van der Waals surface area contributed by atoms with Gasteiger partial charge in [0.05, 0.1) is 0 Å². The van der Waals surface area contributed by atoms with Gasteiger partial charge in [-0.1, -0.05) is 51.2 Å². The second-order valence-corrected chi connectivity index (χ2v) is 4.58. The third kappa shape index (κ3) is 38.1. The Morgan fingerprint density at radius 2 is 1.10 bits per heavy atom. The summed E-state index contributed by atoms with van der Waals surface area (Å²) in [5.41, 5.74) is 0. The second kappa shape index (κ2) is 31.3. The van der Waals surface area contributed by atoms with Crippen LogP contribution in [0, 0.1) is 0 Å². The largest absolute Gasteiger partial charge is 0.483 e. The Labute approximate surface area is 130 Å². The molecule has 4 heteroatoms. The first-order chi connectivity index (χ1) is 10.3. The van der Waals surface area contributed by atoms with Gasteiger partial charge in [0.15, 0.2) is 0 Å². The minimum absolute atomic E-state index is 0.250. The summed E-state index contributed by atoms with van der Waals surface area (Å²) in [5, 5.41) is 13.9. The van der Waals surface area contributed by atoms with Crippen LogP contribution in [-0.2, 0) is 9.59 Å². The minimum Gasteiger partial charge on any atom is -0.483 e. The van der Waals surface area contributed by atoms with Crippen molar-refractivity contribution < 1.29 is 19.8 Å². The van der Waals surface area contributed by atoms with Gasteiger partial charge in [0, 0.05) is 13.5 Å². The van der Waals surface area contributed by atoms with Crippen LogP contribution < -0.4 is 0 Å². The molecule has 0 bridgehead atoms. The summed E-state index contributed by atoms with van der Waals surface area (Å²) in [6.07, 6.45) is 19.2. The van der Waals surface area contributed by atoms with E-state index in [1.807, 2.05) is 0 Å². The molecule has 0 unspecified atom stereocenters. The Balaban J connectivity index is -0.000000569. The zero-order chi connectivity index (χ0) is 16.6. The van der Waals surface area contributed by atoms with E-state index in [2.05, 4.69) is 19.1 Å². The predicted octanol–water partition coefficient (Wildman–Crippen LogP) is 4.36. The molecule has 0 saturated heterocycles. The van der Waals surface area contributed by atoms with E-state index in [0.717, 1.165) is 26.2 Å². The number of aliphatic hydroxyl groups excluding tert-OH is 1. The number of carbonyl (C=O) groups excluding carboxylic acids is 1. The molecule has 4 nitrogen and oxygen atoms in total. The lowest BCUT2D eigenvalue weighted by Gasteiger charge is -1.96. The molecule has 0 aromatic heterocycles. The van der Waals surface area contributed by atoms with E-state index in [1.54, 1.807) is 0 Å². The fourth-order valence-corrected chi connectivity index (χ4v) is 1.77. The Bertz CT molecular complexity index is 203. The third-order valence-electron chi connectivity index (χ3n) is 2.83. The molecule has 0 heterocycles. The summed E-state index contributed by atoms with van der Waals surface area (Å²) in [4.78, 5) is 18.4. The van der Waals surface area contributed by atoms with Crippen molar-refractivity contribution in [3.63, 3.8) is 0 Å². The molecule has 0 aromatic rings. The van der Waals surface area contributed by atoms with Gasteiger partial charge in [-0.25, -0.2) is 0 Å². The van der Waals surface area contributed by atoms with E-state index >= 15 is 0 Å². The number of carboxylic acid groups (broad SMARTS) is 1. The maximum Gasteiger partial charge on any atom is 0.290 e. The third-order valence-corrected chi connectivity index (χ3v) is 2.83. The fraction of sp³-hybridized carbons (Fsp3) is 0.765. The molecule has 0 amide bonds. The van der Waals surface area contributed by atoms with Crippen LogP contribution in [0.5, 0.6) is 0 Å². The monoisotopic (exact) mass is 302 g/mol. The lowest BCUT2D eigenvalue weighted by Crippen LogP contribution is -1.78. The molecule has 0 spiro atoms.